The average Bonchev–Trinajstić information content (AvgIpc) is 3.43. The second-order valence-corrected chi connectivity index (χ2v) is 10.3. The largest absolute Gasteiger partial charge is 0.394 e. The second-order valence-electron chi connectivity index (χ2n) is 10.3. The van der Waals surface area contributed by atoms with E-state index < -0.39 is 29.5 Å². The number of likely N-dealkylation sites (tertiary alicyclic amines) is 1. The normalized spacial score (nSPS) is 30.6. The van der Waals surface area contributed by atoms with E-state index in [2.05, 4.69) is 10.6 Å². The lowest BCUT2D eigenvalue weighted by molar-refractivity contribution is -0.145. The van der Waals surface area contributed by atoms with Crippen molar-refractivity contribution in [1.82, 2.24) is 10.2 Å². The monoisotopic (exact) mass is 471 g/mol. The quantitative estimate of drug-likeness (QED) is 0.539. The third-order valence-corrected chi connectivity index (χ3v) is 7.88. The first-order chi connectivity index (χ1) is 16.2. The number of para-hydroxylation sites is 1. The Bertz CT molecular complexity index is 959. The summed E-state index contributed by atoms with van der Waals surface area (Å²) in [5.41, 5.74) is 1.50. The van der Waals surface area contributed by atoms with E-state index in [9.17, 15) is 19.5 Å². The van der Waals surface area contributed by atoms with Gasteiger partial charge >= 0.3 is 0 Å². The van der Waals surface area contributed by atoms with Gasteiger partial charge in [0.05, 0.1) is 30.6 Å². The molecule has 3 heterocycles. The standard InChI is InChI=1S/C26H37N3O5/c1-6-12-27-23(31)19-18-10-11-26(34-18)20(19)25(33)29(17(13-30)14(2)3)22(26)24(32)28-21-15(4)8-7-9-16(21)5/h7-9,14,17-20,22,30H,6,10-13H2,1-5H3,(H,27,31)(H,28,32)/t17-,18-,19+,20-,22?,26?/m0/s1. The number of fused-ring (bicyclic) bond motifs is 1. The number of carbonyl (C=O) groups excluding carboxylic acids is 3. The van der Waals surface area contributed by atoms with Crippen LogP contribution in [0, 0.1) is 31.6 Å². The zero-order valence-electron chi connectivity index (χ0n) is 20.8. The van der Waals surface area contributed by atoms with Gasteiger partial charge in [0.15, 0.2) is 0 Å². The van der Waals surface area contributed by atoms with Crippen molar-refractivity contribution in [2.45, 2.75) is 77.7 Å². The van der Waals surface area contributed by atoms with Gasteiger partial charge in [-0.05, 0) is 50.2 Å². The number of carbonyl (C=O) groups is 3. The molecule has 3 amide bonds. The zero-order valence-corrected chi connectivity index (χ0v) is 20.8. The molecule has 186 valence electrons. The first-order valence-corrected chi connectivity index (χ1v) is 12.4. The minimum atomic E-state index is -1.07. The van der Waals surface area contributed by atoms with Crippen LogP contribution >= 0.6 is 0 Å². The highest BCUT2D eigenvalue weighted by Gasteiger charge is 2.75. The first-order valence-electron chi connectivity index (χ1n) is 12.4. The third-order valence-electron chi connectivity index (χ3n) is 7.88. The number of aliphatic hydroxyl groups is 1. The van der Waals surface area contributed by atoms with Crippen LogP contribution in [0.4, 0.5) is 5.69 Å². The zero-order chi connectivity index (χ0) is 24.8. The molecule has 6 atom stereocenters. The number of aryl methyl sites for hydroxylation is 2. The molecule has 2 bridgehead atoms. The van der Waals surface area contributed by atoms with Gasteiger partial charge in [0.25, 0.3) is 0 Å². The van der Waals surface area contributed by atoms with Gasteiger partial charge in [-0.1, -0.05) is 39.0 Å². The summed E-state index contributed by atoms with van der Waals surface area (Å²) in [5.74, 6) is -2.22. The Balaban J connectivity index is 1.76. The van der Waals surface area contributed by atoms with Gasteiger partial charge in [-0.15, -0.1) is 0 Å². The summed E-state index contributed by atoms with van der Waals surface area (Å²) >= 11 is 0. The number of ether oxygens (including phenoxy) is 1. The SMILES string of the molecule is CCCNC(=O)[C@@H]1[C@@H]2CCC3(O2)C(C(=O)Nc2c(C)cccc2C)N([C@@H](CO)C(C)C)C(=O)[C@H]13. The van der Waals surface area contributed by atoms with Crippen molar-refractivity contribution in [2.24, 2.45) is 17.8 Å². The molecular formula is C26H37N3O5. The second kappa shape index (κ2) is 9.30. The molecule has 0 aliphatic carbocycles. The molecule has 2 unspecified atom stereocenters. The molecule has 0 radical (unpaired) electrons. The molecule has 4 rings (SSSR count). The van der Waals surface area contributed by atoms with Crippen LogP contribution < -0.4 is 10.6 Å². The van der Waals surface area contributed by atoms with E-state index in [-0.39, 0.29) is 36.4 Å². The molecule has 8 nitrogen and oxygen atoms in total. The smallest absolute Gasteiger partial charge is 0.250 e. The number of anilines is 1. The Morgan fingerprint density at radius 3 is 2.50 bits per heavy atom. The molecular weight excluding hydrogens is 434 g/mol. The van der Waals surface area contributed by atoms with Gasteiger partial charge in [0.1, 0.15) is 11.6 Å². The number of nitrogens with one attached hydrogen (secondary N) is 2. The molecule has 3 saturated heterocycles. The number of aliphatic hydroxyl groups excluding tert-OH is 1. The maximum absolute atomic E-state index is 13.9. The molecule has 0 aromatic heterocycles. The summed E-state index contributed by atoms with van der Waals surface area (Å²) < 4.78 is 6.44. The van der Waals surface area contributed by atoms with Crippen LogP contribution in [0.5, 0.6) is 0 Å². The molecule has 8 heteroatoms. The van der Waals surface area contributed by atoms with Crippen molar-refractivity contribution in [3.05, 3.63) is 29.3 Å². The van der Waals surface area contributed by atoms with E-state index in [4.69, 9.17) is 4.74 Å². The number of benzene rings is 1. The summed E-state index contributed by atoms with van der Waals surface area (Å²) in [6.07, 6.45) is 1.57. The fourth-order valence-electron chi connectivity index (χ4n) is 6.24. The van der Waals surface area contributed by atoms with Crippen LogP contribution in [-0.2, 0) is 19.1 Å². The summed E-state index contributed by atoms with van der Waals surface area (Å²) in [6, 6.07) is 4.32. The van der Waals surface area contributed by atoms with Crippen molar-refractivity contribution >= 4 is 23.4 Å². The van der Waals surface area contributed by atoms with Gasteiger partial charge in [0.2, 0.25) is 17.7 Å². The van der Waals surface area contributed by atoms with Crippen LogP contribution in [0.2, 0.25) is 0 Å². The van der Waals surface area contributed by atoms with Gasteiger partial charge < -0.3 is 25.4 Å². The van der Waals surface area contributed by atoms with E-state index in [0.717, 1.165) is 23.2 Å². The van der Waals surface area contributed by atoms with Crippen molar-refractivity contribution in [2.75, 3.05) is 18.5 Å². The summed E-state index contributed by atoms with van der Waals surface area (Å²) in [6.45, 7) is 9.94. The van der Waals surface area contributed by atoms with E-state index in [1.54, 1.807) is 0 Å². The van der Waals surface area contributed by atoms with Crippen molar-refractivity contribution in [1.29, 1.82) is 0 Å². The first kappa shape index (κ1) is 24.7. The van der Waals surface area contributed by atoms with Crippen LogP contribution in [0.25, 0.3) is 0 Å². The maximum Gasteiger partial charge on any atom is 0.250 e. The van der Waals surface area contributed by atoms with Crippen LogP contribution in [0.15, 0.2) is 18.2 Å². The van der Waals surface area contributed by atoms with Gasteiger partial charge in [-0.25, -0.2) is 0 Å². The van der Waals surface area contributed by atoms with Crippen molar-refractivity contribution in [3.63, 3.8) is 0 Å². The third kappa shape index (κ3) is 3.71. The van der Waals surface area contributed by atoms with Crippen LogP contribution in [0.3, 0.4) is 0 Å². The summed E-state index contributed by atoms with van der Waals surface area (Å²) in [7, 11) is 0. The highest BCUT2D eigenvalue weighted by atomic mass is 16.5. The highest BCUT2D eigenvalue weighted by molar-refractivity contribution is 6.04. The molecule has 3 fully saturated rings. The molecule has 1 spiro atoms. The lowest BCUT2D eigenvalue weighted by atomic mass is 9.70. The summed E-state index contributed by atoms with van der Waals surface area (Å²) in [4.78, 5) is 42.5. The Kier molecular flexibility index (Phi) is 6.75. The number of rotatable bonds is 8. The predicted octanol–water partition coefficient (Wildman–Crippen LogP) is 2.16. The molecule has 3 aliphatic rings. The molecule has 1 aromatic rings. The average molecular weight is 472 g/mol. The van der Waals surface area contributed by atoms with Gasteiger partial charge in [0, 0.05) is 12.2 Å². The Hall–Kier alpha value is -2.45. The number of amides is 3. The fourth-order valence-corrected chi connectivity index (χ4v) is 6.24. The van der Waals surface area contributed by atoms with Crippen LogP contribution in [0.1, 0.15) is 51.2 Å². The lowest BCUT2D eigenvalue weighted by Crippen LogP contribution is -2.57. The van der Waals surface area contributed by atoms with Gasteiger partial charge in [-0.2, -0.15) is 0 Å². The van der Waals surface area contributed by atoms with Gasteiger partial charge in [-0.3, -0.25) is 14.4 Å². The summed E-state index contributed by atoms with van der Waals surface area (Å²) in [5, 5.41) is 16.2. The minimum Gasteiger partial charge on any atom is -0.394 e. The van der Waals surface area contributed by atoms with Crippen molar-refractivity contribution in [3.8, 4) is 0 Å². The number of nitrogens with zero attached hydrogens (tertiary/aromatic N) is 1. The van der Waals surface area contributed by atoms with E-state index in [1.807, 2.05) is 52.8 Å². The number of hydrogen-bond donors (Lipinski definition) is 3. The Morgan fingerprint density at radius 1 is 1.24 bits per heavy atom. The van der Waals surface area contributed by atoms with Crippen LogP contribution in [-0.4, -0.2) is 64.7 Å². The van der Waals surface area contributed by atoms with E-state index >= 15 is 0 Å². The fraction of sp³-hybridized carbons (Fsp3) is 0.654. The predicted molar refractivity (Wildman–Crippen MR) is 128 cm³/mol. The molecule has 34 heavy (non-hydrogen) atoms. The lowest BCUT2D eigenvalue weighted by Gasteiger charge is -2.38. The van der Waals surface area contributed by atoms with E-state index in [1.165, 1.54) is 4.90 Å². The molecule has 0 saturated carbocycles. The highest BCUT2D eigenvalue weighted by Crippen LogP contribution is 2.59. The molecule has 3 aliphatic heterocycles. The minimum absolute atomic E-state index is 0.0794. The van der Waals surface area contributed by atoms with E-state index in [0.29, 0.717) is 19.4 Å². The molecule has 1 aromatic carbocycles. The maximum atomic E-state index is 13.9. The number of hydrogen-bond acceptors (Lipinski definition) is 5. The molecule has 3 N–H and O–H groups in total. The Morgan fingerprint density at radius 2 is 1.91 bits per heavy atom. The Labute approximate surface area is 201 Å². The topological polar surface area (TPSA) is 108 Å². The van der Waals surface area contributed by atoms with Crippen molar-refractivity contribution < 1.29 is 24.2 Å².